The van der Waals surface area contributed by atoms with Gasteiger partial charge < -0.3 is 33.8 Å². The third-order valence-electron chi connectivity index (χ3n) is 17.4. The van der Waals surface area contributed by atoms with Gasteiger partial charge in [-0.25, -0.2) is 9.13 Å². The average molecular weight is 1330 g/mol. The van der Waals surface area contributed by atoms with Gasteiger partial charge in [-0.15, -0.1) is 0 Å². The van der Waals surface area contributed by atoms with E-state index < -0.39 is 97.5 Å². The van der Waals surface area contributed by atoms with Gasteiger partial charge in [-0.05, 0) is 49.4 Å². The Bertz CT molecular complexity index is 1790. The maximum absolute atomic E-state index is 13.0. The van der Waals surface area contributed by atoms with Gasteiger partial charge in [-0.3, -0.25) is 37.3 Å². The molecule has 0 aliphatic heterocycles. The first kappa shape index (κ1) is 88.1. The molecule has 0 radical (unpaired) electrons. The smallest absolute Gasteiger partial charge is 0.462 e. The summed E-state index contributed by atoms with van der Waals surface area (Å²) in [5, 5.41) is 10.6. The lowest BCUT2D eigenvalue weighted by Crippen LogP contribution is -2.30. The fraction of sp³-hybridized carbons (Fsp3) is 0.944. The number of phosphoric ester groups is 2. The molecule has 0 aliphatic carbocycles. The third-order valence-corrected chi connectivity index (χ3v) is 19.3. The molecule has 6 unspecified atom stereocenters. The van der Waals surface area contributed by atoms with Gasteiger partial charge in [0.1, 0.15) is 19.3 Å². The Morgan fingerprint density at radius 3 is 0.789 bits per heavy atom. The Kier molecular flexibility index (Phi) is 59.4. The Balaban J connectivity index is 5.22. The number of ether oxygens (including phenoxy) is 4. The van der Waals surface area contributed by atoms with Crippen LogP contribution in [0.4, 0.5) is 0 Å². The van der Waals surface area contributed by atoms with Crippen LogP contribution in [0.5, 0.6) is 0 Å². The minimum absolute atomic E-state index is 0.102. The van der Waals surface area contributed by atoms with E-state index >= 15 is 0 Å². The van der Waals surface area contributed by atoms with E-state index in [1.165, 1.54) is 148 Å². The summed E-state index contributed by atoms with van der Waals surface area (Å²) in [6, 6.07) is 0. The minimum Gasteiger partial charge on any atom is -0.462 e. The Hall–Kier alpha value is -1.94. The molecule has 8 atom stereocenters. The molecule has 0 saturated heterocycles. The van der Waals surface area contributed by atoms with Crippen LogP contribution in [0.3, 0.4) is 0 Å². The number of esters is 4. The lowest BCUT2D eigenvalue weighted by atomic mass is 9.99. The summed E-state index contributed by atoms with van der Waals surface area (Å²) in [7, 11) is -9.90. The van der Waals surface area contributed by atoms with Gasteiger partial charge in [0.05, 0.1) is 26.4 Å². The summed E-state index contributed by atoms with van der Waals surface area (Å²) in [5.41, 5.74) is 0. The van der Waals surface area contributed by atoms with Crippen molar-refractivity contribution in [2.75, 3.05) is 39.6 Å². The average Bonchev–Trinajstić information content (AvgIpc) is 3.64. The molecule has 0 amide bonds. The molecule has 0 aromatic heterocycles. The van der Waals surface area contributed by atoms with Gasteiger partial charge in [0, 0.05) is 25.7 Å². The lowest BCUT2D eigenvalue weighted by molar-refractivity contribution is -0.161. The monoisotopic (exact) mass is 1320 g/mol. The van der Waals surface area contributed by atoms with E-state index in [1.807, 2.05) is 0 Å². The molecule has 90 heavy (non-hydrogen) atoms. The highest BCUT2D eigenvalue weighted by Gasteiger charge is 2.30. The van der Waals surface area contributed by atoms with Gasteiger partial charge in [-0.1, -0.05) is 299 Å². The molecular formula is C71H138O17P2. The number of aliphatic hydroxyl groups excluding tert-OH is 1. The van der Waals surface area contributed by atoms with E-state index in [0.29, 0.717) is 31.6 Å². The summed E-state index contributed by atoms with van der Waals surface area (Å²) in [6.07, 6.45) is 43.1. The predicted octanol–water partition coefficient (Wildman–Crippen LogP) is 20.1. The van der Waals surface area contributed by atoms with Crippen LogP contribution < -0.4 is 0 Å². The van der Waals surface area contributed by atoms with Crippen LogP contribution in [0.1, 0.15) is 351 Å². The van der Waals surface area contributed by atoms with E-state index in [1.54, 1.807) is 0 Å². The minimum atomic E-state index is -4.95. The van der Waals surface area contributed by atoms with Crippen LogP contribution in [0.15, 0.2) is 0 Å². The van der Waals surface area contributed by atoms with Crippen LogP contribution in [-0.2, 0) is 65.4 Å². The van der Waals surface area contributed by atoms with Crippen molar-refractivity contribution in [3.8, 4) is 0 Å². The van der Waals surface area contributed by atoms with Crippen molar-refractivity contribution in [3.63, 3.8) is 0 Å². The first-order valence-corrected chi connectivity index (χ1v) is 39.8. The molecule has 534 valence electrons. The highest BCUT2D eigenvalue weighted by Crippen LogP contribution is 2.45. The van der Waals surface area contributed by atoms with E-state index in [0.717, 1.165) is 114 Å². The van der Waals surface area contributed by atoms with Crippen LogP contribution in [0.25, 0.3) is 0 Å². The van der Waals surface area contributed by atoms with Crippen molar-refractivity contribution in [2.24, 2.45) is 23.7 Å². The van der Waals surface area contributed by atoms with Crippen LogP contribution in [0, 0.1) is 23.7 Å². The molecule has 19 heteroatoms. The second-order valence-corrected chi connectivity index (χ2v) is 29.7. The van der Waals surface area contributed by atoms with E-state index in [4.69, 9.17) is 37.0 Å². The highest BCUT2D eigenvalue weighted by atomic mass is 31.2. The number of unbranched alkanes of at least 4 members (excludes halogenated alkanes) is 31. The number of hydrogen-bond acceptors (Lipinski definition) is 15. The van der Waals surface area contributed by atoms with Gasteiger partial charge in [0.25, 0.3) is 0 Å². The van der Waals surface area contributed by atoms with E-state index in [9.17, 15) is 43.2 Å². The number of hydrogen-bond donors (Lipinski definition) is 3. The van der Waals surface area contributed by atoms with Crippen LogP contribution >= 0.6 is 15.6 Å². The molecule has 0 heterocycles. The highest BCUT2D eigenvalue weighted by molar-refractivity contribution is 7.47. The second-order valence-electron chi connectivity index (χ2n) is 26.8. The zero-order valence-electron chi connectivity index (χ0n) is 58.8. The molecule has 0 aliphatic rings. The second kappa shape index (κ2) is 60.7. The van der Waals surface area contributed by atoms with Crippen molar-refractivity contribution < 1.29 is 80.2 Å². The Morgan fingerprint density at radius 2 is 0.533 bits per heavy atom. The van der Waals surface area contributed by atoms with Gasteiger partial charge in [-0.2, -0.15) is 0 Å². The number of rotatable bonds is 68. The van der Waals surface area contributed by atoms with Gasteiger partial charge in [0.15, 0.2) is 12.2 Å². The summed E-state index contributed by atoms with van der Waals surface area (Å²) in [5.74, 6) is 0.917. The molecule has 0 saturated carbocycles. The molecule has 0 aromatic rings. The van der Waals surface area contributed by atoms with Gasteiger partial charge >= 0.3 is 39.5 Å². The van der Waals surface area contributed by atoms with E-state index in [2.05, 4.69) is 55.4 Å². The molecule has 0 spiro atoms. The Morgan fingerprint density at radius 1 is 0.311 bits per heavy atom. The molecular weight excluding hydrogens is 1190 g/mol. The zero-order valence-corrected chi connectivity index (χ0v) is 60.6. The quantitative estimate of drug-likeness (QED) is 0.0222. The lowest BCUT2D eigenvalue weighted by Gasteiger charge is -2.21. The maximum Gasteiger partial charge on any atom is 0.472 e. The predicted molar refractivity (Wildman–Crippen MR) is 363 cm³/mol. The normalized spacial score (nSPS) is 15.2. The summed E-state index contributed by atoms with van der Waals surface area (Å²) in [6.45, 7) is 14.1. The van der Waals surface area contributed by atoms with Gasteiger partial charge in [0.2, 0.25) is 0 Å². The third kappa shape index (κ3) is 61.0. The molecule has 3 N–H and O–H groups in total. The van der Waals surface area contributed by atoms with Crippen LogP contribution in [0.2, 0.25) is 0 Å². The standard InChI is InChI=1S/C71H138O17P2/c1-9-62(6)48-40-32-24-18-16-14-12-13-15-17-19-27-37-45-53-70(75)87-66(57-82-69(74)52-44-36-28-22-23-31-39-47-61(4)5)59-85-89(77,78)83-55-65(72)56-84-90(79,80)86-60-67(88-71(76)54-46-38-30-29-34-42-50-64(8)11-3)58-81-68(73)51-43-35-26-21-20-25-33-41-49-63(7)10-2/h61-67,72H,9-60H2,1-8H3,(H,77,78)(H,79,80)/t62?,63?,64?,65?,66-,67-/m1/s1. The number of phosphoric acid groups is 2. The molecule has 0 rings (SSSR count). The SMILES string of the molecule is CCC(C)CCCCCCCCCCCCCCCCC(=O)O[C@H](COC(=O)CCCCCCCCCC(C)C)COP(=O)(O)OCC(O)COP(=O)(O)OC[C@@H](COC(=O)CCCCCCCCCCC(C)CC)OC(=O)CCCCCCCCC(C)CC. The fourth-order valence-corrected chi connectivity index (χ4v) is 12.1. The number of aliphatic hydroxyl groups is 1. The molecule has 0 bridgehead atoms. The van der Waals surface area contributed by atoms with Crippen molar-refractivity contribution >= 4 is 39.5 Å². The molecule has 0 fully saturated rings. The maximum atomic E-state index is 13.0. The molecule has 17 nitrogen and oxygen atoms in total. The number of carbonyl (C=O) groups excluding carboxylic acids is 4. The first-order chi connectivity index (χ1) is 43.2. The van der Waals surface area contributed by atoms with Crippen LogP contribution in [-0.4, -0.2) is 96.7 Å². The first-order valence-electron chi connectivity index (χ1n) is 36.8. The summed E-state index contributed by atoms with van der Waals surface area (Å²) in [4.78, 5) is 72.5. The van der Waals surface area contributed by atoms with Crippen molar-refractivity contribution in [3.05, 3.63) is 0 Å². The summed E-state index contributed by atoms with van der Waals surface area (Å²) >= 11 is 0. The zero-order chi connectivity index (χ0) is 66.8. The van der Waals surface area contributed by atoms with E-state index in [-0.39, 0.29) is 25.7 Å². The van der Waals surface area contributed by atoms with Crippen molar-refractivity contribution in [2.45, 2.75) is 369 Å². The van der Waals surface area contributed by atoms with Crippen molar-refractivity contribution in [1.29, 1.82) is 0 Å². The molecule has 0 aromatic carbocycles. The summed E-state index contributed by atoms with van der Waals surface area (Å²) < 4.78 is 68.3. The van der Waals surface area contributed by atoms with Crippen molar-refractivity contribution in [1.82, 2.24) is 0 Å². The largest absolute Gasteiger partial charge is 0.472 e. The number of carbonyl (C=O) groups is 4. The Labute approximate surface area is 549 Å². The topological polar surface area (TPSA) is 237 Å². The fourth-order valence-electron chi connectivity index (χ4n) is 10.6.